The number of nitrogens with two attached hydrogens (primary N) is 1. The van der Waals surface area contributed by atoms with Crippen LogP contribution in [0.5, 0.6) is 0 Å². The summed E-state index contributed by atoms with van der Waals surface area (Å²) in [4.78, 5) is 10.5. The van der Waals surface area contributed by atoms with Crippen LogP contribution in [0.3, 0.4) is 0 Å². The van der Waals surface area contributed by atoms with Crippen LogP contribution in [0.15, 0.2) is 0 Å². The fourth-order valence-corrected chi connectivity index (χ4v) is 2.28. The van der Waals surface area contributed by atoms with Crippen molar-refractivity contribution in [3.8, 4) is 0 Å². The van der Waals surface area contributed by atoms with Crippen LogP contribution in [-0.2, 0) is 4.79 Å². The highest BCUT2D eigenvalue weighted by Crippen LogP contribution is 2.18. The van der Waals surface area contributed by atoms with Gasteiger partial charge < -0.3 is 15.2 Å². The maximum absolute atomic E-state index is 10.5. The summed E-state index contributed by atoms with van der Waals surface area (Å²) in [5.41, 5.74) is 0. The molecule has 1 heterocycles. The first-order chi connectivity index (χ1) is 5.77. The molecule has 0 amide bonds. The Morgan fingerprint density at radius 2 is 2.17 bits per heavy atom. The summed E-state index contributed by atoms with van der Waals surface area (Å²) in [6.45, 7) is 0. The molecule has 4 nitrogen and oxygen atoms in total. The molecule has 0 aromatic heterocycles. The van der Waals surface area contributed by atoms with Crippen molar-refractivity contribution in [1.29, 1.82) is 0 Å². The molecule has 3 N–H and O–H groups in total. The van der Waals surface area contributed by atoms with Gasteiger partial charge in [-0.3, -0.25) is 5.32 Å². The number of nitrogens with one attached hydrogen (secondary N) is 1. The molecule has 2 rings (SSSR count). The number of fused-ring (bicyclic) bond motifs is 1. The van der Waals surface area contributed by atoms with Crippen molar-refractivity contribution in [3.05, 3.63) is 0 Å². The summed E-state index contributed by atoms with van der Waals surface area (Å²) >= 11 is 0. The molecule has 0 unspecified atom stereocenters. The van der Waals surface area contributed by atoms with Gasteiger partial charge in [-0.05, 0) is 12.8 Å². The van der Waals surface area contributed by atoms with E-state index in [-0.39, 0.29) is 0 Å². The topological polar surface area (TPSA) is 68.8 Å². The van der Waals surface area contributed by atoms with Crippen LogP contribution >= 0.6 is 0 Å². The lowest BCUT2D eigenvalue weighted by molar-refractivity contribution is -0.699. The standard InChI is InChI=1S/C8H14N2O2/c11-8(12)7-9-5-3-1-2-4-6(5)10-7/h5-7,9-10H,1-4H2,(H,11,12)/t5-,6-/m1/s1. The Morgan fingerprint density at radius 1 is 1.42 bits per heavy atom. The maximum Gasteiger partial charge on any atom is 0.181 e. The predicted octanol–water partition coefficient (Wildman–Crippen LogP) is -2.46. The van der Waals surface area contributed by atoms with E-state index in [2.05, 4.69) is 5.32 Å². The zero-order chi connectivity index (χ0) is 8.55. The summed E-state index contributed by atoms with van der Waals surface area (Å²) in [5.74, 6) is -0.982. The molecule has 0 radical (unpaired) electrons. The molecule has 12 heavy (non-hydrogen) atoms. The van der Waals surface area contributed by atoms with Crippen LogP contribution in [0.1, 0.15) is 25.7 Å². The first-order valence-corrected chi connectivity index (χ1v) is 4.59. The largest absolute Gasteiger partial charge is 0.543 e. The Balaban J connectivity index is 1.98. The molecule has 3 atom stereocenters. The first kappa shape index (κ1) is 8.01. The zero-order valence-electron chi connectivity index (χ0n) is 6.95. The van der Waals surface area contributed by atoms with Gasteiger partial charge in [0.2, 0.25) is 0 Å². The molecule has 2 fully saturated rings. The number of carbonyl (C=O) groups excluding carboxylic acids is 1. The van der Waals surface area contributed by atoms with Crippen LogP contribution in [0.4, 0.5) is 0 Å². The van der Waals surface area contributed by atoms with E-state index in [1.165, 1.54) is 12.8 Å². The molecule has 0 spiro atoms. The maximum atomic E-state index is 10.5. The highest BCUT2D eigenvalue weighted by molar-refractivity contribution is 5.69. The third kappa shape index (κ3) is 1.32. The number of aliphatic carboxylic acids is 1. The van der Waals surface area contributed by atoms with E-state index in [0.717, 1.165) is 12.8 Å². The minimum atomic E-state index is -0.982. The van der Waals surface area contributed by atoms with E-state index in [0.29, 0.717) is 12.1 Å². The molecule has 68 valence electrons. The molecular weight excluding hydrogens is 156 g/mol. The van der Waals surface area contributed by atoms with E-state index in [1.54, 1.807) is 0 Å². The number of rotatable bonds is 1. The summed E-state index contributed by atoms with van der Waals surface area (Å²) < 4.78 is 0. The minimum absolute atomic E-state index is 0.404. The molecule has 1 saturated carbocycles. The van der Waals surface area contributed by atoms with Crippen molar-refractivity contribution in [1.82, 2.24) is 5.32 Å². The predicted molar refractivity (Wildman–Crippen MR) is 39.9 cm³/mol. The van der Waals surface area contributed by atoms with Crippen molar-refractivity contribution >= 4 is 5.97 Å². The van der Waals surface area contributed by atoms with Gasteiger partial charge >= 0.3 is 0 Å². The van der Waals surface area contributed by atoms with Crippen LogP contribution in [0.2, 0.25) is 0 Å². The minimum Gasteiger partial charge on any atom is -0.543 e. The van der Waals surface area contributed by atoms with Crippen molar-refractivity contribution in [2.45, 2.75) is 43.9 Å². The fraction of sp³-hybridized carbons (Fsp3) is 0.875. The summed E-state index contributed by atoms with van der Waals surface area (Å²) in [6, 6.07) is 0.878. The lowest BCUT2D eigenvalue weighted by Crippen LogP contribution is -2.95. The van der Waals surface area contributed by atoms with E-state index < -0.39 is 12.1 Å². The fourth-order valence-electron chi connectivity index (χ4n) is 2.28. The quantitative estimate of drug-likeness (QED) is 0.458. The third-order valence-corrected chi connectivity index (χ3v) is 2.91. The average molecular weight is 170 g/mol. The van der Waals surface area contributed by atoms with E-state index in [9.17, 15) is 9.90 Å². The monoisotopic (exact) mass is 170 g/mol. The van der Waals surface area contributed by atoms with Gasteiger partial charge in [0, 0.05) is 6.42 Å². The van der Waals surface area contributed by atoms with E-state index in [4.69, 9.17) is 0 Å². The van der Waals surface area contributed by atoms with Crippen molar-refractivity contribution in [2.24, 2.45) is 0 Å². The molecule has 0 aromatic carbocycles. The SMILES string of the molecule is O=C([O-])[C@H]1N[C@@H]2CCCC[C@H]2[NH2+]1. The van der Waals surface area contributed by atoms with Crippen LogP contribution in [-0.4, -0.2) is 24.2 Å². The van der Waals surface area contributed by atoms with Gasteiger partial charge in [0.05, 0.1) is 6.04 Å². The van der Waals surface area contributed by atoms with Gasteiger partial charge in [0.15, 0.2) is 6.17 Å². The summed E-state index contributed by atoms with van der Waals surface area (Å²) in [7, 11) is 0. The summed E-state index contributed by atoms with van der Waals surface area (Å²) in [5, 5.41) is 15.5. The lowest BCUT2D eigenvalue weighted by Gasteiger charge is -2.20. The molecule has 1 aliphatic heterocycles. The van der Waals surface area contributed by atoms with Gasteiger partial charge in [-0.25, -0.2) is 0 Å². The second-order valence-electron chi connectivity index (χ2n) is 3.71. The Labute approximate surface area is 71.3 Å². The number of carboxylic acids is 1. The van der Waals surface area contributed by atoms with Gasteiger partial charge in [0.25, 0.3) is 0 Å². The number of hydrogen-bond donors (Lipinski definition) is 2. The van der Waals surface area contributed by atoms with Gasteiger partial charge in [0.1, 0.15) is 12.0 Å². The van der Waals surface area contributed by atoms with E-state index >= 15 is 0 Å². The highest BCUT2D eigenvalue weighted by Gasteiger charge is 2.38. The molecule has 0 bridgehead atoms. The van der Waals surface area contributed by atoms with Gasteiger partial charge in [-0.1, -0.05) is 6.42 Å². The average Bonchev–Trinajstić information content (AvgIpc) is 2.46. The summed E-state index contributed by atoms with van der Waals surface area (Å²) in [6.07, 6.45) is 4.21. The van der Waals surface area contributed by atoms with Crippen molar-refractivity contribution in [2.75, 3.05) is 0 Å². The second kappa shape index (κ2) is 3.03. The smallest absolute Gasteiger partial charge is 0.181 e. The van der Waals surface area contributed by atoms with Crippen LogP contribution in [0.25, 0.3) is 0 Å². The number of carbonyl (C=O) groups is 1. The van der Waals surface area contributed by atoms with E-state index in [1.807, 2.05) is 5.32 Å². The normalized spacial score (nSPS) is 40.8. The number of hydrogen-bond acceptors (Lipinski definition) is 3. The molecular formula is C8H14N2O2. The zero-order valence-corrected chi connectivity index (χ0v) is 6.95. The highest BCUT2D eigenvalue weighted by atomic mass is 16.4. The Morgan fingerprint density at radius 3 is 2.83 bits per heavy atom. The molecule has 4 heteroatoms. The van der Waals surface area contributed by atoms with Crippen LogP contribution in [0, 0.1) is 0 Å². The lowest BCUT2D eigenvalue weighted by atomic mass is 9.92. The Kier molecular flexibility index (Phi) is 2.02. The molecule has 0 aromatic rings. The van der Waals surface area contributed by atoms with Crippen LogP contribution < -0.4 is 15.7 Å². The van der Waals surface area contributed by atoms with Gasteiger partial charge in [-0.15, -0.1) is 0 Å². The molecule has 2 aliphatic rings. The second-order valence-corrected chi connectivity index (χ2v) is 3.71. The first-order valence-electron chi connectivity index (χ1n) is 4.59. The third-order valence-electron chi connectivity index (χ3n) is 2.91. The van der Waals surface area contributed by atoms with Gasteiger partial charge in [-0.2, -0.15) is 0 Å². The number of quaternary nitrogens is 1. The Hall–Kier alpha value is -0.610. The van der Waals surface area contributed by atoms with Crippen molar-refractivity contribution < 1.29 is 15.2 Å². The van der Waals surface area contributed by atoms with Crippen molar-refractivity contribution in [3.63, 3.8) is 0 Å². The number of carboxylic acid groups (broad SMARTS) is 1. The molecule has 1 aliphatic carbocycles. The Bertz CT molecular complexity index is 181. The molecule has 1 saturated heterocycles.